The van der Waals surface area contributed by atoms with Crippen molar-refractivity contribution >= 4 is 35.1 Å². The minimum absolute atomic E-state index is 0.0218. The van der Waals surface area contributed by atoms with Crippen LogP contribution in [0.15, 0.2) is 18.3 Å². The molecule has 6 nitrogen and oxygen atoms in total. The molecule has 2 fully saturated rings. The van der Waals surface area contributed by atoms with Crippen molar-refractivity contribution in [1.82, 2.24) is 9.88 Å². The number of carbonyl (C=O) groups is 2. The van der Waals surface area contributed by atoms with E-state index in [1.807, 2.05) is 12.1 Å². The van der Waals surface area contributed by atoms with E-state index in [1.165, 1.54) is 31.0 Å². The molecule has 0 aliphatic carbocycles. The summed E-state index contributed by atoms with van der Waals surface area (Å²) < 4.78 is 0. The molecule has 3 rings (SSSR count). The summed E-state index contributed by atoms with van der Waals surface area (Å²) in [6.45, 7) is 2.24. The van der Waals surface area contributed by atoms with Crippen molar-refractivity contribution in [1.29, 1.82) is 0 Å². The Morgan fingerprint density at radius 1 is 1.27 bits per heavy atom. The van der Waals surface area contributed by atoms with Gasteiger partial charge in [0, 0.05) is 13.1 Å². The van der Waals surface area contributed by atoms with Gasteiger partial charge < -0.3 is 15.1 Å². The Hall–Kier alpha value is -1.76. The third-order valence-electron chi connectivity index (χ3n) is 3.90. The fraction of sp³-hybridized carbons (Fsp3) is 0.533. The first-order chi connectivity index (χ1) is 10.7. The largest absolute Gasteiger partial charge is 0.370 e. The molecule has 1 aromatic heterocycles. The zero-order valence-corrected chi connectivity index (χ0v) is 13.3. The standard InChI is InChI=1S/C15H20N4O2S/c20-14(9-19-11-22-10-15(19)21)17-13-5-4-12(8-16-13)18-6-2-1-3-7-18/h4-5,8H,1-3,6-7,9-11H2,(H,16,17,20). The second-order valence-electron chi connectivity index (χ2n) is 5.57. The molecule has 0 unspecified atom stereocenters. The monoisotopic (exact) mass is 320 g/mol. The van der Waals surface area contributed by atoms with Crippen LogP contribution in [0.2, 0.25) is 0 Å². The number of aromatic nitrogens is 1. The molecule has 2 aliphatic heterocycles. The van der Waals surface area contributed by atoms with Gasteiger partial charge in [-0.15, -0.1) is 11.8 Å². The topological polar surface area (TPSA) is 65.5 Å². The highest BCUT2D eigenvalue weighted by Gasteiger charge is 2.23. The molecule has 1 N–H and O–H groups in total. The van der Waals surface area contributed by atoms with E-state index in [-0.39, 0.29) is 18.4 Å². The van der Waals surface area contributed by atoms with Gasteiger partial charge in [0.05, 0.1) is 23.5 Å². The van der Waals surface area contributed by atoms with Crippen molar-refractivity contribution in [3.63, 3.8) is 0 Å². The Labute approximate surface area is 134 Å². The van der Waals surface area contributed by atoms with E-state index in [4.69, 9.17) is 0 Å². The van der Waals surface area contributed by atoms with E-state index in [2.05, 4.69) is 15.2 Å². The van der Waals surface area contributed by atoms with Crippen LogP contribution >= 0.6 is 11.8 Å². The summed E-state index contributed by atoms with van der Waals surface area (Å²) in [4.78, 5) is 31.6. The SMILES string of the molecule is O=C(CN1CSCC1=O)Nc1ccc(N2CCCCC2)cn1. The summed E-state index contributed by atoms with van der Waals surface area (Å²) in [7, 11) is 0. The number of amides is 2. The fourth-order valence-corrected chi connectivity index (χ4v) is 3.60. The fourth-order valence-electron chi connectivity index (χ4n) is 2.70. The van der Waals surface area contributed by atoms with Crippen molar-refractivity contribution in [3.05, 3.63) is 18.3 Å². The van der Waals surface area contributed by atoms with Gasteiger partial charge in [-0.1, -0.05) is 0 Å². The molecule has 3 heterocycles. The van der Waals surface area contributed by atoms with Crippen molar-refractivity contribution < 1.29 is 9.59 Å². The molecule has 0 bridgehead atoms. The molecule has 2 amide bonds. The first kappa shape index (κ1) is 15.1. The Bertz CT molecular complexity index is 543. The van der Waals surface area contributed by atoms with Crippen LogP contribution in [0.5, 0.6) is 0 Å². The maximum Gasteiger partial charge on any atom is 0.245 e. The van der Waals surface area contributed by atoms with Crippen molar-refractivity contribution in [2.24, 2.45) is 0 Å². The van der Waals surface area contributed by atoms with Crippen molar-refractivity contribution in [2.45, 2.75) is 19.3 Å². The number of pyridine rings is 1. The molecule has 2 saturated heterocycles. The molecular formula is C15H20N4O2S. The predicted octanol–water partition coefficient (Wildman–Crippen LogP) is 1.54. The van der Waals surface area contributed by atoms with Crippen LogP contribution in [0, 0.1) is 0 Å². The zero-order chi connectivity index (χ0) is 15.4. The van der Waals surface area contributed by atoms with Crippen LogP contribution < -0.4 is 10.2 Å². The van der Waals surface area contributed by atoms with Gasteiger partial charge >= 0.3 is 0 Å². The zero-order valence-electron chi connectivity index (χ0n) is 12.5. The maximum atomic E-state index is 11.9. The molecule has 22 heavy (non-hydrogen) atoms. The summed E-state index contributed by atoms with van der Waals surface area (Å²) in [5.41, 5.74) is 1.10. The van der Waals surface area contributed by atoms with Gasteiger partial charge in [-0.05, 0) is 31.4 Å². The van der Waals surface area contributed by atoms with E-state index in [9.17, 15) is 9.59 Å². The van der Waals surface area contributed by atoms with Crippen molar-refractivity contribution in [2.75, 3.05) is 41.5 Å². The second-order valence-corrected chi connectivity index (χ2v) is 6.52. The van der Waals surface area contributed by atoms with E-state index < -0.39 is 0 Å². The molecular weight excluding hydrogens is 300 g/mol. The minimum atomic E-state index is -0.200. The van der Waals surface area contributed by atoms with Crippen LogP contribution in [0.4, 0.5) is 11.5 Å². The molecule has 7 heteroatoms. The van der Waals surface area contributed by atoms with Crippen LogP contribution in [-0.2, 0) is 9.59 Å². The lowest BCUT2D eigenvalue weighted by molar-refractivity contribution is -0.130. The molecule has 2 aliphatic rings. The van der Waals surface area contributed by atoms with E-state index >= 15 is 0 Å². The Morgan fingerprint density at radius 2 is 2.09 bits per heavy atom. The number of hydrogen-bond acceptors (Lipinski definition) is 5. The third kappa shape index (κ3) is 3.71. The summed E-state index contributed by atoms with van der Waals surface area (Å²) in [5, 5.41) is 2.75. The van der Waals surface area contributed by atoms with Crippen molar-refractivity contribution in [3.8, 4) is 0 Å². The number of nitrogens with zero attached hydrogens (tertiary/aromatic N) is 3. The van der Waals surface area contributed by atoms with Gasteiger partial charge in [-0.25, -0.2) is 4.98 Å². The molecule has 0 aromatic carbocycles. The highest BCUT2D eigenvalue weighted by Crippen LogP contribution is 2.20. The number of thioether (sulfide) groups is 1. The van der Waals surface area contributed by atoms with Crippen LogP contribution in [-0.4, -0.2) is 53.0 Å². The number of rotatable bonds is 4. The minimum Gasteiger partial charge on any atom is -0.370 e. The highest BCUT2D eigenvalue weighted by molar-refractivity contribution is 8.00. The lowest BCUT2D eigenvalue weighted by atomic mass is 10.1. The van der Waals surface area contributed by atoms with Gasteiger partial charge in [0.2, 0.25) is 11.8 Å². The maximum absolute atomic E-state index is 11.9. The first-order valence-electron chi connectivity index (χ1n) is 7.59. The second kappa shape index (κ2) is 7.00. The number of piperidine rings is 1. The van der Waals surface area contributed by atoms with E-state index in [0.717, 1.165) is 18.8 Å². The quantitative estimate of drug-likeness (QED) is 0.912. The summed E-state index contributed by atoms with van der Waals surface area (Å²) >= 11 is 1.53. The molecule has 1 aromatic rings. The van der Waals surface area contributed by atoms with Gasteiger partial charge in [0.25, 0.3) is 0 Å². The molecule has 0 atom stereocenters. The van der Waals surface area contributed by atoms with Gasteiger partial charge in [-0.2, -0.15) is 0 Å². The molecule has 0 radical (unpaired) electrons. The summed E-state index contributed by atoms with van der Waals surface area (Å²) in [6, 6.07) is 3.81. The van der Waals surface area contributed by atoms with Crippen LogP contribution in [0.1, 0.15) is 19.3 Å². The molecule has 0 spiro atoms. The third-order valence-corrected chi connectivity index (χ3v) is 4.84. The summed E-state index contributed by atoms with van der Waals surface area (Å²) in [5.74, 6) is 1.41. The number of anilines is 2. The molecule has 0 saturated carbocycles. The van der Waals surface area contributed by atoms with Gasteiger partial charge in [-0.3, -0.25) is 9.59 Å². The smallest absolute Gasteiger partial charge is 0.245 e. The van der Waals surface area contributed by atoms with E-state index in [0.29, 0.717) is 17.4 Å². The van der Waals surface area contributed by atoms with Crippen LogP contribution in [0.3, 0.4) is 0 Å². The number of hydrogen-bond donors (Lipinski definition) is 1. The number of nitrogens with one attached hydrogen (secondary N) is 1. The van der Waals surface area contributed by atoms with E-state index in [1.54, 1.807) is 11.1 Å². The van der Waals surface area contributed by atoms with Gasteiger partial charge in [0.15, 0.2) is 0 Å². The first-order valence-corrected chi connectivity index (χ1v) is 8.74. The lowest BCUT2D eigenvalue weighted by Crippen LogP contribution is -2.34. The normalized spacial score (nSPS) is 18.6. The van der Waals surface area contributed by atoms with Crippen LogP contribution in [0.25, 0.3) is 0 Å². The number of carbonyl (C=O) groups excluding carboxylic acids is 2. The Morgan fingerprint density at radius 3 is 2.73 bits per heavy atom. The average molecular weight is 320 g/mol. The van der Waals surface area contributed by atoms with Gasteiger partial charge in [0.1, 0.15) is 12.4 Å². The average Bonchev–Trinajstić information content (AvgIpc) is 2.94. The summed E-state index contributed by atoms with van der Waals surface area (Å²) in [6.07, 6.45) is 5.55. The Kier molecular flexibility index (Phi) is 4.82. The highest BCUT2D eigenvalue weighted by atomic mass is 32.2. The predicted molar refractivity (Wildman–Crippen MR) is 88.0 cm³/mol. The lowest BCUT2D eigenvalue weighted by Gasteiger charge is -2.28. The Balaban J connectivity index is 1.54. The molecule has 118 valence electrons.